The summed E-state index contributed by atoms with van der Waals surface area (Å²) in [4.78, 5) is 12.9. The van der Waals surface area contributed by atoms with Gasteiger partial charge in [-0.25, -0.2) is 0 Å². The molecular formula is C25H33N3OS. The zero-order chi connectivity index (χ0) is 21.2. The molecule has 0 radical (unpaired) electrons. The number of hydrogen-bond acceptors (Lipinski definition) is 5. The first kappa shape index (κ1) is 21.4. The topological polar surface area (TPSA) is 38.2 Å². The van der Waals surface area contributed by atoms with Crippen LogP contribution in [0.2, 0.25) is 0 Å². The van der Waals surface area contributed by atoms with Crippen LogP contribution in [0.3, 0.4) is 0 Å². The van der Waals surface area contributed by atoms with E-state index in [9.17, 15) is 0 Å². The molecule has 1 atom stereocenters. The van der Waals surface area contributed by atoms with Crippen molar-refractivity contribution in [2.24, 2.45) is 5.41 Å². The van der Waals surface area contributed by atoms with Crippen LogP contribution in [0.4, 0.5) is 0 Å². The Balaban J connectivity index is 1.50. The Kier molecular flexibility index (Phi) is 6.24. The lowest BCUT2D eigenvalue weighted by Crippen LogP contribution is -2.42. The molecule has 1 unspecified atom stereocenters. The number of hydrogen-bond donors (Lipinski definition) is 0. The molecular weight excluding hydrogens is 390 g/mol. The molecule has 0 spiro atoms. The number of likely N-dealkylation sites (tertiary alicyclic amines) is 1. The molecule has 0 N–H and O–H groups in total. The summed E-state index contributed by atoms with van der Waals surface area (Å²) in [5.41, 5.74) is 2.54. The molecule has 0 aliphatic carbocycles. The van der Waals surface area contributed by atoms with E-state index in [0.29, 0.717) is 0 Å². The highest BCUT2D eigenvalue weighted by molar-refractivity contribution is 7.19. The van der Waals surface area contributed by atoms with Crippen molar-refractivity contribution in [1.82, 2.24) is 14.9 Å². The van der Waals surface area contributed by atoms with Gasteiger partial charge in [-0.2, -0.15) is 0 Å². The van der Waals surface area contributed by atoms with Crippen LogP contribution in [0, 0.1) is 12.3 Å². The van der Waals surface area contributed by atoms with Crippen LogP contribution in [0.15, 0.2) is 42.9 Å². The van der Waals surface area contributed by atoms with E-state index in [4.69, 9.17) is 4.74 Å². The minimum Gasteiger partial charge on any atom is -0.381 e. The summed E-state index contributed by atoms with van der Waals surface area (Å²) in [6, 6.07) is 8.79. The summed E-state index contributed by atoms with van der Waals surface area (Å²) in [6.07, 6.45) is 9.35. The lowest BCUT2D eigenvalue weighted by molar-refractivity contribution is 0.0386. The van der Waals surface area contributed by atoms with Crippen molar-refractivity contribution in [3.05, 3.63) is 59.0 Å². The number of rotatable bonds is 8. The number of fused-ring (bicyclic) bond motifs is 1. The Hall–Kier alpha value is -1.82. The SMILES string of the molecule is CCOCC1(CCc2cc3cnccc3s2)CCN(C(C)(C)c2ccc(C)nc2)C1. The number of aromatic nitrogens is 2. The van der Waals surface area contributed by atoms with E-state index < -0.39 is 0 Å². The molecule has 0 saturated carbocycles. The standard InChI is InChI=1S/C25H33N3OS/c1-5-29-18-25(10-8-22-14-20-15-26-12-9-23(20)30-22)11-13-28(17-25)24(3,4)21-7-6-19(2)27-16-21/h6-7,9,12,14-16H,5,8,10-11,13,17-18H2,1-4H3. The van der Waals surface area contributed by atoms with Gasteiger partial charge in [0.15, 0.2) is 0 Å². The fourth-order valence-electron chi connectivity index (χ4n) is 4.59. The average Bonchev–Trinajstić information content (AvgIpc) is 3.36. The first-order valence-corrected chi connectivity index (χ1v) is 11.8. The Morgan fingerprint density at radius 1 is 1.23 bits per heavy atom. The molecule has 4 heterocycles. The molecule has 1 saturated heterocycles. The monoisotopic (exact) mass is 423 g/mol. The second-order valence-corrected chi connectivity index (χ2v) is 10.4. The van der Waals surface area contributed by atoms with Gasteiger partial charge in [0, 0.05) is 63.4 Å². The molecule has 3 aromatic heterocycles. The highest BCUT2D eigenvalue weighted by Gasteiger charge is 2.43. The molecule has 4 rings (SSSR count). The molecule has 0 bridgehead atoms. The molecule has 5 heteroatoms. The predicted octanol–water partition coefficient (Wildman–Crippen LogP) is 5.60. The lowest BCUT2D eigenvalue weighted by Gasteiger charge is -2.38. The zero-order valence-electron chi connectivity index (χ0n) is 18.6. The van der Waals surface area contributed by atoms with Gasteiger partial charge < -0.3 is 4.74 Å². The highest BCUT2D eigenvalue weighted by Crippen LogP contribution is 2.42. The quantitative estimate of drug-likeness (QED) is 0.473. The minimum absolute atomic E-state index is 0.0298. The van der Waals surface area contributed by atoms with Crippen molar-refractivity contribution >= 4 is 21.4 Å². The van der Waals surface area contributed by atoms with E-state index in [1.54, 1.807) is 0 Å². The maximum absolute atomic E-state index is 6.00. The smallest absolute Gasteiger partial charge is 0.0535 e. The van der Waals surface area contributed by atoms with E-state index in [1.165, 1.54) is 26.9 Å². The molecule has 0 aromatic carbocycles. The van der Waals surface area contributed by atoms with E-state index in [2.05, 4.69) is 59.9 Å². The molecule has 160 valence electrons. The fourth-order valence-corrected chi connectivity index (χ4v) is 5.62. The average molecular weight is 424 g/mol. The second kappa shape index (κ2) is 8.74. The van der Waals surface area contributed by atoms with Gasteiger partial charge in [0.05, 0.1) is 6.61 Å². The van der Waals surface area contributed by atoms with Gasteiger partial charge in [0.25, 0.3) is 0 Å². The Labute approximate surface area is 184 Å². The van der Waals surface area contributed by atoms with Gasteiger partial charge in [0.1, 0.15) is 0 Å². The van der Waals surface area contributed by atoms with E-state index in [-0.39, 0.29) is 11.0 Å². The van der Waals surface area contributed by atoms with Crippen LogP contribution in [0.5, 0.6) is 0 Å². The molecule has 1 fully saturated rings. The van der Waals surface area contributed by atoms with Gasteiger partial charge >= 0.3 is 0 Å². The molecule has 1 aliphatic heterocycles. The third kappa shape index (κ3) is 4.43. The maximum Gasteiger partial charge on any atom is 0.0535 e. The first-order chi connectivity index (χ1) is 14.4. The number of ether oxygens (including phenoxy) is 1. The molecule has 4 nitrogen and oxygen atoms in total. The number of thiophene rings is 1. The Morgan fingerprint density at radius 2 is 2.10 bits per heavy atom. The van der Waals surface area contributed by atoms with Crippen LogP contribution in [0.1, 0.15) is 49.7 Å². The number of aryl methyl sites for hydroxylation is 2. The van der Waals surface area contributed by atoms with Gasteiger partial charge in [-0.15, -0.1) is 11.3 Å². The van der Waals surface area contributed by atoms with E-state index >= 15 is 0 Å². The summed E-state index contributed by atoms with van der Waals surface area (Å²) < 4.78 is 7.34. The second-order valence-electron chi connectivity index (χ2n) is 9.18. The summed E-state index contributed by atoms with van der Waals surface area (Å²) in [5, 5.41) is 1.26. The Bertz CT molecular complexity index is 948. The van der Waals surface area contributed by atoms with Gasteiger partial charge in [-0.05, 0) is 77.3 Å². The molecule has 0 amide bonds. The van der Waals surface area contributed by atoms with Crippen LogP contribution in [-0.4, -0.2) is 41.2 Å². The van der Waals surface area contributed by atoms with Crippen molar-refractivity contribution in [3.63, 3.8) is 0 Å². The van der Waals surface area contributed by atoms with Gasteiger partial charge in [-0.3, -0.25) is 14.9 Å². The van der Waals surface area contributed by atoms with Gasteiger partial charge in [-0.1, -0.05) is 6.07 Å². The zero-order valence-corrected chi connectivity index (χ0v) is 19.5. The summed E-state index contributed by atoms with van der Waals surface area (Å²) in [7, 11) is 0. The fraction of sp³-hybridized carbons (Fsp3) is 0.520. The maximum atomic E-state index is 6.00. The lowest BCUT2D eigenvalue weighted by atomic mass is 9.82. The van der Waals surface area contributed by atoms with Crippen molar-refractivity contribution in [1.29, 1.82) is 0 Å². The molecule has 1 aliphatic rings. The van der Waals surface area contributed by atoms with Crippen molar-refractivity contribution in [2.45, 2.75) is 52.5 Å². The van der Waals surface area contributed by atoms with Crippen LogP contribution in [-0.2, 0) is 16.7 Å². The minimum atomic E-state index is -0.0298. The summed E-state index contributed by atoms with van der Waals surface area (Å²) in [6.45, 7) is 12.6. The first-order valence-electron chi connectivity index (χ1n) is 11.0. The van der Waals surface area contributed by atoms with Crippen LogP contribution >= 0.6 is 11.3 Å². The third-order valence-corrected chi connectivity index (χ3v) is 7.90. The Morgan fingerprint density at radius 3 is 2.83 bits per heavy atom. The van der Waals surface area contributed by atoms with Crippen molar-refractivity contribution in [3.8, 4) is 0 Å². The van der Waals surface area contributed by atoms with E-state index in [1.807, 2.05) is 36.9 Å². The third-order valence-electron chi connectivity index (χ3n) is 6.73. The number of nitrogens with zero attached hydrogens (tertiary/aromatic N) is 3. The number of pyridine rings is 2. The van der Waals surface area contributed by atoms with Crippen LogP contribution < -0.4 is 0 Å². The normalized spacial score (nSPS) is 20.3. The predicted molar refractivity (Wildman–Crippen MR) is 125 cm³/mol. The summed E-state index contributed by atoms with van der Waals surface area (Å²) >= 11 is 1.91. The molecule has 3 aromatic rings. The highest BCUT2D eigenvalue weighted by atomic mass is 32.1. The summed E-state index contributed by atoms with van der Waals surface area (Å²) in [5.74, 6) is 0. The van der Waals surface area contributed by atoms with Crippen molar-refractivity contribution in [2.75, 3.05) is 26.3 Å². The van der Waals surface area contributed by atoms with E-state index in [0.717, 1.165) is 44.8 Å². The van der Waals surface area contributed by atoms with Crippen molar-refractivity contribution < 1.29 is 4.74 Å². The van der Waals surface area contributed by atoms with Crippen LogP contribution in [0.25, 0.3) is 10.1 Å². The van der Waals surface area contributed by atoms with Gasteiger partial charge in [0.2, 0.25) is 0 Å². The largest absolute Gasteiger partial charge is 0.381 e. The molecule has 30 heavy (non-hydrogen) atoms.